The Bertz CT molecular complexity index is 717. The summed E-state index contributed by atoms with van der Waals surface area (Å²) in [6, 6.07) is 11.7. The summed E-state index contributed by atoms with van der Waals surface area (Å²) in [5, 5.41) is 7.07. The number of piperazine rings is 1. The molecule has 7 heteroatoms. The van der Waals surface area contributed by atoms with Crippen LogP contribution in [0.3, 0.4) is 0 Å². The molecule has 1 aliphatic rings. The van der Waals surface area contributed by atoms with Crippen LogP contribution in [0.2, 0.25) is 0 Å². The Morgan fingerprint density at radius 2 is 2.04 bits per heavy atom. The summed E-state index contributed by atoms with van der Waals surface area (Å²) in [5.41, 5.74) is 1.22. The molecule has 2 heterocycles. The van der Waals surface area contributed by atoms with Crippen molar-refractivity contribution in [2.45, 2.75) is 25.9 Å². The number of aromatic nitrogens is 2. The average Bonchev–Trinajstić information content (AvgIpc) is 3.14. The van der Waals surface area contributed by atoms with E-state index in [9.17, 15) is 9.59 Å². The highest BCUT2D eigenvalue weighted by atomic mass is 16.2. The van der Waals surface area contributed by atoms with Gasteiger partial charge in [-0.05, 0) is 25.0 Å². The number of hydrogen-bond acceptors (Lipinski definition) is 3. The highest BCUT2D eigenvalue weighted by molar-refractivity contribution is 5.85. The second kappa shape index (κ2) is 8.51. The quantitative estimate of drug-likeness (QED) is 0.851. The fourth-order valence-electron chi connectivity index (χ4n) is 3.06. The summed E-state index contributed by atoms with van der Waals surface area (Å²) in [4.78, 5) is 28.2. The van der Waals surface area contributed by atoms with Gasteiger partial charge >= 0.3 is 6.03 Å². The van der Waals surface area contributed by atoms with Crippen LogP contribution in [0.1, 0.15) is 12.5 Å². The Balaban J connectivity index is 1.43. The molecule has 1 aromatic heterocycles. The molecule has 1 saturated heterocycles. The molecule has 3 amide bonds. The molecule has 7 nitrogen and oxygen atoms in total. The van der Waals surface area contributed by atoms with Gasteiger partial charge in [-0.3, -0.25) is 9.48 Å². The van der Waals surface area contributed by atoms with Crippen molar-refractivity contribution in [1.29, 1.82) is 0 Å². The number of carbonyl (C=O) groups excluding carboxylic acids is 2. The van der Waals surface area contributed by atoms with Gasteiger partial charge in [0, 0.05) is 38.1 Å². The number of nitrogens with zero attached hydrogens (tertiary/aromatic N) is 4. The SMILES string of the molecule is C[C@@H](Cn1cccn1)NC(=O)N1CCN(CCc2ccccc2)C(=O)C1. The van der Waals surface area contributed by atoms with Crippen molar-refractivity contribution >= 4 is 11.9 Å². The lowest BCUT2D eigenvalue weighted by molar-refractivity contribution is -0.134. The molecule has 0 spiro atoms. The molecule has 3 rings (SSSR count). The van der Waals surface area contributed by atoms with E-state index in [-0.39, 0.29) is 24.5 Å². The van der Waals surface area contributed by atoms with Gasteiger partial charge in [-0.2, -0.15) is 5.10 Å². The number of hydrogen-bond donors (Lipinski definition) is 1. The molecule has 1 N–H and O–H groups in total. The van der Waals surface area contributed by atoms with Crippen molar-refractivity contribution in [3.8, 4) is 0 Å². The number of urea groups is 1. The lowest BCUT2D eigenvalue weighted by Crippen LogP contribution is -2.56. The zero-order chi connectivity index (χ0) is 18.4. The first kappa shape index (κ1) is 18.0. The predicted molar refractivity (Wildman–Crippen MR) is 98.5 cm³/mol. The standard InChI is InChI=1S/C19H25N5O2/c1-16(14-24-10-5-9-20-24)21-19(26)23-13-12-22(18(25)15-23)11-8-17-6-3-2-4-7-17/h2-7,9-10,16H,8,11-15H2,1H3,(H,21,26)/t16-/m0/s1. The molecular weight excluding hydrogens is 330 g/mol. The van der Waals surface area contributed by atoms with Crippen molar-refractivity contribution in [3.63, 3.8) is 0 Å². The van der Waals surface area contributed by atoms with E-state index in [0.717, 1.165) is 6.42 Å². The Morgan fingerprint density at radius 1 is 1.23 bits per heavy atom. The van der Waals surface area contributed by atoms with Crippen LogP contribution in [0.5, 0.6) is 0 Å². The lowest BCUT2D eigenvalue weighted by atomic mass is 10.1. The van der Waals surface area contributed by atoms with E-state index in [2.05, 4.69) is 22.5 Å². The predicted octanol–water partition coefficient (Wildman–Crippen LogP) is 1.37. The Hall–Kier alpha value is -2.83. The van der Waals surface area contributed by atoms with Crippen LogP contribution in [0.25, 0.3) is 0 Å². The molecular formula is C19H25N5O2. The topological polar surface area (TPSA) is 70.5 Å². The molecule has 1 aromatic carbocycles. The fraction of sp³-hybridized carbons (Fsp3) is 0.421. The summed E-state index contributed by atoms with van der Waals surface area (Å²) in [7, 11) is 0. The first-order chi connectivity index (χ1) is 12.6. The molecule has 138 valence electrons. The van der Waals surface area contributed by atoms with Crippen molar-refractivity contribution < 1.29 is 9.59 Å². The van der Waals surface area contributed by atoms with Crippen molar-refractivity contribution in [2.24, 2.45) is 0 Å². The average molecular weight is 355 g/mol. The maximum atomic E-state index is 12.4. The van der Waals surface area contributed by atoms with Crippen molar-refractivity contribution in [2.75, 3.05) is 26.2 Å². The van der Waals surface area contributed by atoms with E-state index in [4.69, 9.17) is 0 Å². The second-order valence-corrected chi connectivity index (χ2v) is 6.62. The van der Waals surface area contributed by atoms with E-state index < -0.39 is 0 Å². The van der Waals surface area contributed by atoms with Gasteiger partial charge in [0.15, 0.2) is 0 Å². The van der Waals surface area contributed by atoms with Gasteiger partial charge in [0.1, 0.15) is 6.54 Å². The van der Waals surface area contributed by atoms with Gasteiger partial charge in [-0.25, -0.2) is 4.79 Å². The highest BCUT2D eigenvalue weighted by Gasteiger charge is 2.27. The second-order valence-electron chi connectivity index (χ2n) is 6.62. The van der Waals surface area contributed by atoms with E-state index in [0.29, 0.717) is 26.2 Å². The maximum Gasteiger partial charge on any atom is 0.318 e. The zero-order valence-electron chi connectivity index (χ0n) is 15.0. The van der Waals surface area contributed by atoms with Crippen molar-refractivity contribution in [1.82, 2.24) is 24.9 Å². The first-order valence-electron chi connectivity index (χ1n) is 8.96. The highest BCUT2D eigenvalue weighted by Crippen LogP contribution is 2.07. The van der Waals surface area contributed by atoms with Crippen LogP contribution < -0.4 is 5.32 Å². The van der Waals surface area contributed by atoms with E-state index in [1.807, 2.05) is 42.3 Å². The van der Waals surface area contributed by atoms with Crippen molar-refractivity contribution in [3.05, 3.63) is 54.4 Å². The normalized spacial score (nSPS) is 15.8. The Kier molecular flexibility index (Phi) is 5.88. The minimum Gasteiger partial charge on any atom is -0.339 e. The van der Waals surface area contributed by atoms with Gasteiger partial charge in [0.05, 0.1) is 6.54 Å². The third-order valence-corrected chi connectivity index (χ3v) is 4.51. The van der Waals surface area contributed by atoms with Crippen LogP contribution in [0, 0.1) is 0 Å². The van der Waals surface area contributed by atoms with E-state index >= 15 is 0 Å². The van der Waals surface area contributed by atoms with Gasteiger partial charge in [0.25, 0.3) is 0 Å². The smallest absolute Gasteiger partial charge is 0.318 e. The Morgan fingerprint density at radius 3 is 2.73 bits per heavy atom. The number of amides is 3. The number of rotatable bonds is 6. The largest absolute Gasteiger partial charge is 0.339 e. The number of carbonyl (C=O) groups is 2. The summed E-state index contributed by atoms with van der Waals surface area (Å²) >= 11 is 0. The molecule has 0 radical (unpaired) electrons. The molecule has 0 unspecified atom stereocenters. The van der Waals surface area contributed by atoms with E-state index in [1.54, 1.807) is 15.8 Å². The molecule has 0 aliphatic carbocycles. The number of nitrogens with one attached hydrogen (secondary N) is 1. The van der Waals surface area contributed by atoms with Gasteiger partial charge in [-0.1, -0.05) is 30.3 Å². The van der Waals surface area contributed by atoms with Crippen LogP contribution in [0.4, 0.5) is 4.79 Å². The summed E-state index contributed by atoms with van der Waals surface area (Å²) in [6.07, 6.45) is 4.40. The minimum absolute atomic E-state index is 0.00191. The van der Waals surface area contributed by atoms with Gasteiger partial charge in [0.2, 0.25) is 5.91 Å². The molecule has 0 saturated carbocycles. The zero-order valence-corrected chi connectivity index (χ0v) is 15.0. The summed E-state index contributed by atoms with van der Waals surface area (Å²) in [5.74, 6) is 0.00191. The monoisotopic (exact) mass is 355 g/mol. The van der Waals surface area contributed by atoms with Gasteiger partial charge in [-0.15, -0.1) is 0 Å². The fourth-order valence-corrected chi connectivity index (χ4v) is 3.06. The van der Waals surface area contributed by atoms with Crippen LogP contribution in [0.15, 0.2) is 48.8 Å². The van der Waals surface area contributed by atoms with Crippen LogP contribution in [-0.2, 0) is 17.8 Å². The maximum absolute atomic E-state index is 12.4. The molecule has 1 aliphatic heterocycles. The third kappa shape index (κ3) is 4.84. The molecule has 2 aromatic rings. The first-order valence-corrected chi connectivity index (χ1v) is 8.96. The molecule has 0 bridgehead atoms. The summed E-state index contributed by atoms with van der Waals surface area (Å²) < 4.78 is 1.78. The number of benzene rings is 1. The molecule has 1 atom stereocenters. The lowest BCUT2D eigenvalue weighted by Gasteiger charge is -2.35. The van der Waals surface area contributed by atoms with Gasteiger partial charge < -0.3 is 15.1 Å². The molecule has 1 fully saturated rings. The van der Waals surface area contributed by atoms with Crippen LogP contribution in [-0.4, -0.2) is 63.7 Å². The van der Waals surface area contributed by atoms with Crippen LogP contribution >= 0.6 is 0 Å². The third-order valence-electron chi connectivity index (χ3n) is 4.51. The Labute approximate surface area is 153 Å². The van der Waals surface area contributed by atoms with E-state index in [1.165, 1.54) is 5.56 Å². The summed E-state index contributed by atoms with van der Waals surface area (Å²) in [6.45, 7) is 4.48. The minimum atomic E-state index is -0.194. The molecule has 26 heavy (non-hydrogen) atoms.